The third kappa shape index (κ3) is 4.20. The molecule has 0 heterocycles. The number of hydrogen-bond donors (Lipinski definition) is 0. The van der Waals surface area contributed by atoms with E-state index < -0.39 is 0 Å². The Labute approximate surface area is 94.5 Å². The van der Waals surface area contributed by atoms with E-state index >= 15 is 0 Å². The van der Waals surface area contributed by atoms with Crippen LogP contribution in [0.3, 0.4) is 0 Å². The molecule has 1 nitrogen and oxygen atoms in total. The first-order chi connectivity index (χ1) is 6.84. The van der Waals surface area contributed by atoms with Gasteiger partial charge in [0.1, 0.15) is 0 Å². The molecule has 0 spiro atoms. The van der Waals surface area contributed by atoms with Crippen molar-refractivity contribution >= 4 is 0 Å². The molecule has 0 bridgehead atoms. The quantitative estimate of drug-likeness (QED) is 0.624. The van der Waals surface area contributed by atoms with E-state index in [1.54, 1.807) is 6.08 Å². The van der Waals surface area contributed by atoms with Crippen molar-refractivity contribution in [3.05, 3.63) is 48.9 Å². The Hall–Kier alpha value is -1.24. The minimum absolute atomic E-state index is 0.127. The molecule has 0 aromatic rings. The monoisotopic (exact) mass is 205 g/mol. The van der Waals surface area contributed by atoms with Crippen molar-refractivity contribution in [1.29, 1.82) is 0 Å². The van der Waals surface area contributed by atoms with Gasteiger partial charge in [-0.3, -0.25) is 0 Å². The Morgan fingerprint density at radius 3 is 2.07 bits per heavy atom. The van der Waals surface area contributed by atoms with Gasteiger partial charge in [0.25, 0.3) is 0 Å². The molecule has 0 atom stereocenters. The van der Waals surface area contributed by atoms with Gasteiger partial charge in [-0.25, -0.2) is 0 Å². The number of nitrogens with zero attached hydrogens (tertiary/aromatic N) is 1. The largest absolute Gasteiger partial charge is 0.354 e. The van der Waals surface area contributed by atoms with Crippen LogP contribution < -0.4 is 0 Å². The summed E-state index contributed by atoms with van der Waals surface area (Å²) in [6.45, 7) is 16.2. The first kappa shape index (κ1) is 13.8. The van der Waals surface area contributed by atoms with E-state index in [0.29, 0.717) is 0 Å². The van der Waals surface area contributed by atoms with Gasteiger partial charge in [-0.1, -0.05) is 46.1 Å². The van der Waals surface area contributed by atoms with Crippen LogP contribution in [0.5, 0.6) is 0 Å². The average Bonchev–Trinajstić information content (AvgIpc) is 2.12. The lowest BCUT2D eigenvalue weighted by atomic mass is 9.85. The molecular formula is C14H23N. The summed E-state index contributed by atoms with van der Waals surface area (Å²) in [4.78, 5) is 2.09. The lowest BCUT2D eigenvalue weighted by Gasteiger charge is -2.27. The summed E-state index contributed by atoms with van der Waals surface area (Å²) in [5, 5.41) is 0. The summed E-state index contributed by atoms with van der Waals surface area (Å²) in [5.41, 5.74) is 2.61. The molecule has 0 N–H and O–H groups in total. The minimum Gasteiger partial charge on any atom is -0.354 e. The molecule has 1 heteroatoms. The van der Waals surface area contributed by atoms with Gasteiger partial charge in [-0.05, 0) is 24.0 Å². The van der Waals surface area contributed by atoms with Crippen molar-refractivity contribution in [2.75, 3.05) is 7.05 Å². The van der Waals surface area contributed by atoms with Crippen molar-refractivity contribution in [2.45, 2.75) is 27.7 Å². The van der Waals surface area contributed by atoms with E-state index in [-0.39, 0.29) is 5.41 Å². The first-order valence-corrected chi connectivity index (χ1v) is 5.20. The summed E-state index contributed by atoms with van der Waals surface area (Å²) in [6, 6.07) is 0. The van der Waals surface area contributed by atoms with E-state index in [2.05, 4.69) is 45.8 Å². The molecule has 0 aromatic heterocycles. The van der Waals surface area contributed by atoms with Gasteiger partial charge in [0.05, 0.1) is 0 Å². The molecule has 15 heavy (non-hydrogen) atoms. The van der Waals surface area contributed by atoms with Crippen LogP contribution in [0.2, 0.25) is 0 Å². The van der Waals surface area contributed by atoms with Crippen LogP contribution in [0.15, 0.2) is 48.9 Å². The summed E-state index contributed by atoms with van der Waals surface area (Å²) < 4.78 is 0. The van der Waals surface area contributed by atoms with Crippen LogP contribution in [0.25, 0.3) is 0 Å². The fourth-order valence-electron chi connectivity index (χ4n) is 1.49. The molecule has 0 unspecified atom stereocenters. The second-order valence-electron chi connectivity index (χ2n) is 4.64. The molecule has 0 saturated carbocycles. The predicted molar refractivity (Wildman–Crippen MR) is 69.5 cm³/mol. The van der Waals surface area contributed by atoms with E-state index in [1.807, 2.05) is 25.4 Å². The van der Waals surface area contributed by atoms with Crippen molar-refractivity contribution in [3.8, 4) is 0 Å². The maximum absolute atomic E-state index is 3.88. The Morgan fingerprint density at radius 2 is 1.73 bits per heavy atom. The third-order valence-corrected chi connectivity index (χ3v) is 2.38. The van der Waals surface area contributed by atoms with Crippen LogP contribution in [-0.2, 0) is 0 Å². The van der Waals surface area contributed by atoms with Gasteiger partial charge in [0.15, 0.2) is 0 Å². The Kier molecular flexibility index (Phi) is 5.13. The van der Waals surface area contributed by atoms with Crippen LogP contribution in [0.1, 0.15) is 27.7 Å². The smallest absolute Gasteiger partial charge is 0.0177 e. The highest BCUT2D eigenvalue weighted by molar-refractivity contribution is 5.28. The highest BCUT2D eigenvalue weighted by Gasteiger charge is 2.17. The molecule has 0 aliphatic heterocycles. The van der Waals surface area contributed by atoms with Crippen molar-refractivity contribution < 1.29 is 0 Å². The van der Waals surface area contributed by atoms with Crippen LogP contribution in [0, 0.1) is 5.41 Å². The van der Waals surface area contributed by atoms with E-state index in [1.165, 1.54) is 11.3 Å². The highest BCUT2D eigenvalue weighted by Crippen LogP contribution is 2.29. The fourth-order valence-corrected chi connectivity index (χ4v) is 1.49. The molecule has 0 aliphatic rings. The predicted octanol–water partition coefficient (Wildman–Crippen LogP) is 4.12. The molecule has 0 rings (SSSR count). The molecule has 0 aliphatic carbocycles. The summed E-state index contributed by atoms with van der Waals surface area (Å²) in [5.74, 6) is 0. The maximum atomic E-state index is 3.88. The fraction of sp³-hybridized carbons (Fsp3) is 0.429. The van der Waals surface area contributed by atoms with Gasteiger partial charge < -0.3 is 4.90 Å². The molecular weight excluding hydrogens is 182 g/mol. The van der Waals surface area contributed by atoms with Crippen LogP contribution >= 0.6 is 0 Å². The minimum atomic E-state index is 0.127. The SMILES string of the molecule is C=C/C=C\N(C)/C(C)=C(\C=C)C(C)(C)C. The molecule has 0 fully saturated rings. The van der Waals surface area contributed by atoms with Gasteiger partial charge in [0, 0.05) is 18.9 Å². The Morgan fingerprint density at radius 1 is 1.20 bits per heavy atom. The van der Waals surface area contributed by atoms with Crippen LogP contribution in [0.4, 0.5) is 0 Å². The number of hydrogen-bond acceptors (Lipinski definition) is 1. The number of rotatable bonds is 4. The van der Waals surface area contributed by atoms with Gasteiger partial charge in [-0.2, -0.15) is 0 Å². The highest BCUT2D eigenvalue weighted by atomic mass is 15.1. The van der Waals surface area contributed by atoms with E-state index in [4.69, 9.17) is 0 Å². The zero-order valence-electron chi connectivity index (χ0n) is 10.7. The normalized spacial score (nSPS) is 13.7. The molecule has 0 amide bonds. The number of allylic oxidation sites excluding steroid dienone is 5. The zero-order valence-corrected chi connectivity index (χ0v) is 10.7. The summed E-state index contributed by atoms with van der Waals surface area (Å²) >= 11 is 0. The standard InChI is InChI=1S/C14H23N/c1-8-10-11-15(7)12(3)13(9-2)14(4,5)6/h8-11H,1-2H2,3-7H3/b11-10-,13-12+. The summed E-state index contributed by atoms with van der Waals surface area (Å²) in [6.07, 6.45) is 7.63. The third-order valence-electron chi connectivity index (χ3n) is 2.38. The Bertz CT molecular complexity index is 287. The van der Waals surface area contributed by atoms with Crippen molar-refractivity contribution in [1.82, 2.24) is 4.90 Å². The van der Waals surface area contributed by atoms with Gasteiger partial charge in [-0.15, -0.1) is 0 Å². The molecule has 84 valence electrons. The lowest BCUT2D eigenvalue weighted by Crippen LogP contribution is -2.17. The van der Waals surface area contributed by atoms with Crippen molar-refractivity contribution in [3.63, 3.8) is 0 Å². The summed E-state index contributed by atoms with van der Waals surface area (Å²) in [7, 11) is 2.03. The van der Waals surface area contributed by atoms with Crippen LogP contribution in [-0.4, -0.2) is 11.9 Å². The van der Waals surface area contributed by atoms with Gasteiger partial charge >= 0.3 is 0 Å². The second-order valence-corrected chi connectivity index (χ2v) is 4.64. The average molecular weight is 205 g/mol. The van der Waals surface area contributed by atoms with Gasteiger partial charge in [0.2, 0.25) is 0 Å². The molecule has 0 radical (unpaired) electrons. The second kappa shape index (κ2) is 5.59. The van der Waals surface area contributed by atoms with Crippen molar-refractivity contribution in [2.24, 2.45) is 5.41 Å². The maximum Gasteiger partial charge on any atom is 0.0177 e. The lowest BCUT2D eigenvalue weighted by molar-refractivity contribution is 0.475. The molecule has 0 saturated heterocycles. The first-order valence-electron chi connectivity index (χ1n) is 5.20. The zero-order chi connectivity index (χ0) is 12.1. The Balaban J connectivity index is 5.12. The molecule has 0 aromatic carbocycles. The van der Waals surface area contributed by atoms with E-state index in [0.717, 1.165) is 0 Å². The van der Waals surface area contributed by atoms with E-state index in [9.17, 15) is 0 Å². The topological polar surface area (TPSA) is 3.24 Å².